The van der Waals surface area contributed by atoms with Gasteiger partial charge < -0.3 is 10.2 Å². The van der Waals surface area contributed by atoms with Gasteiger partial charge in [0.1, 0.15) is 5.75 Å². The number of aliphatic hydroxyl groups is 1. The Balaban J connectivity index is 3.56. The number of aliphatic hydroxyl groups excluding tert-OH is 1. The summed E-state index contributed by atoms with van der Waals surface area (Å²) < 4.78 is 0. The molecule has 18 heavy (non-hydrogen) atoms. The normalized spacial score (nSPS) is 13.7. The molecule has 0 heterocycles. The lowest BCUT2D eigenvalue weighted by atomic mass is 9.79. The molecule has 0 saturated carbocycles. The highest BCUT2D eigenvalue weighted by atomic mass is 16.3. The minimum absolute atomic E-state index is 0.0178. The summed E-state index contributed by atoms with van der Waals surface area (Å²) in [7, 11) is 0. The van der Waals surface area contributed by atoms with Gasteiger partial charge in [-0.2, -0.15) is 0 Å². The highest BCUT2D eigenvalue weighted by Gasteiger charge is 2.23. The van der Waals surface area contributed by atoms with Gasteiger partial charge in [0, 0.05) is 5.56 Å². The maximum atomic E-state index is 10.3. The zero-order valence-corrected chi connectivity index (χ0v) is 12.5. The molecular weight excluding hydrogens is 224 g/mol. The molecule has 0 saturated heterocycles. The van der Waals surface area contributed by atoms with Gasteiger partial charge in [0.25, 0.3) is 0 Å². The minimum Gasteiger partial charge on any atom is -0.507 e. The Morgan fingerprint density at radius 3 is 2.22 bits per heavy atom. The Morgan fingerprint density at radius 2 is 1.83 bits per heavy atom. The van der Waals surface area contributed by atoms with Crippen LogP contribution in [0, 0.1) is 6.92 Å². The van der Waals surface area contributed by atoms with Crippen molar-refractivity contribution in [1.29, 1.82) is 0 Å². The zero-order valence-electron chi connectivity index (χ0n) is 12.5. The Morgan fingerprint density at radius 1 is 1.28 bits per heavy atom. The first-order valence-electron chi connectivity index (χ1n) is 6.70. The molecule has 2 nitrogen and oxygen atoms in total. The smallest absolute Gasteiger partial charge is 0.124 e. The van der Waals surface area contributed by atoms with Gasteiger partial charge in [-0.3, -0.25) is 0 Å². The minimum atomic E-state index is -0.106. The van der Waals surface area contributed by atoms with Crippen LogP contribution in [0.25, 0.3) is 0 Å². The molecule has 0 bridgehead atoms. The lowest BCUT2D eigenvalue weighted by Gasteiger charge is -2.26. The van der Waals surface area contributed by atoms with Crippen LogP contribution in [0.15, 0.2) is 6.07 Å². The van der Waals surface area contributed by atoms with Gasteiger partial charge in [-0.15, -0.1) is 0 Å². The molecule has 0 aliphatic rings. The lowest BCUT2D eigenvalue weighted by molar-refractivity contribution is 0.273. The van der Waals surface area contributed by atoms with Crippen molar-refractivity contribution >= 4 is 0 Å². The summed E-state index contributed by atoms with van der Waals surface area (Å²) in [6.07, 6.45) is 0.977. The van der Waals surface area contributed by atoms with Crippen LogP contribution in [0.3, 0.4) is 0 Å². The Kier molecular flexibility index (Phi) is 4.44. The van der Waals surface area contributed by atoms with Crippen LogP contribution >= 0.6 is 0 Å². The van der Waals surface area contributed by atoms with Crippen LogP contribution in [0.4, 0.5) is 0 Å². The third kappa shape index (κ3) is 2.69. The van der Waals surface area contributed by atoms with Crippen LogP contribution < -0.4 is 0 Å². The van der Waals surface area contributed by atoms with E-state index in [2.05, 4.69) is 40.7 Å². The van der Waals surface area contributed by atoms with Crippen molar-refractivity contribution in [3.63, 3.8) is 0 Å². The highest BCUT2D eigenvalue weighted by molar-refractivity contribution is 5.52. The summed E-state index contributed by atoms with van der Waals surface area (Å²) in [6, 6.07) is 2.11. The van der Waals surface area contributed by atoms with Crippen LogP contribution in [-0.2, 0) is 12.0 Å². The predicted molar refractivity (Wildman–Crippen MR) is 76.2 cm³/mol. The number of benzene rings is 1. The molecule has 0 aromatic heterocycles. The maximum absolute atomic E-state index is 10.3. The third-order valence-electron chi connectivity index (χ3n) is 3.83. The van der Waals surface area contributed by atoms with E-state index in [0.29, 0.717) is 11.5 Å². The van der Waals surface area contributed by atoms with Gasteiger partial charge >= 0.3 is 0 Å². The maximum Gasteiger partial charge on any atom is 0.124 e. The summed E-state index contributed by atoms with van der Waals surface area (Å²) in [5.74, 6) is 0.578. The molecular formula is C16H26O2. The second-order valence-electron chi connectivity index (χ2n) is 6.18. The van der Waals surface area contributed by atoms with Crippen molar-refractivity contribution < 1.29 is 10.2 Å². The fourth-order valence-corrected chi connectivity index (χ4v) is 2.41. The van der Waals surface area contributed by atoms with Gasteiger partial charge in [-0.05, 0) is 41.4 Å². The average molecular weight is 250 g/mol. The quantitative estimate of drug-likeness (QED) is 0.851. The summed E-state index contributed by atoms with van der Waals surface area (Å²) >= 11 is 0. The van der Waals surface area contributed by atoms with E-state index >= 15 is 0 Å². The summed E-state index contributed by atoms with van der Waals surface area (Å²) in [5, 5.41) is 19.8. The molecule has 102 valence electrons. The Hall–Kier alpha value is -1.02. The number of phenols is 1. The predicted octanol–water partition coefficient (Wildman–Crippen LogP) is 4.00. The van der Waals surface area contributed by atoms with E-state index in [4.69, 9.17) is 0 Å². The van der Waals surface area contributed by atoms with Crippen molar-refractivity contribution in [1.82, 2.24) is 0 Å². The molecule has 1 aromatic carbocycles. The lowest BCUT2D eigenvalue weighted by Crippen LogP contribution is -2.16. The average Bonchev–Trinajstić information content (AvgIpc) is 2.27. The fourth-order valence-electron chi connectivity index (χ4n) is 2.41. The van der Waals surface area contributed by atoms with Gasteiger partial charge in [-0.1, -0.05) is 40.7 Å². The third-order valence-corrected chi connectivity index (χ3v) is 3.83. The van der Waals surface area contributed by atoms with E-state index in [1.54, 1.807) is 0 Å². The van der Waals surface area contributed by atoms with Crippen molar-refractivity contribution in [2.45, 2.75) is 65.9 Å². The van der Waals surface area contributed by atoms with Crippen LogP contribution in [-0.4, -0.2) is 10.2 Å². The molecule has 0 aliphatic carbocycles. The molecule has 0 spiro atoms. The van der Waals surface area contributed by atoms with E-state index in [1.165, 1.54) is 5.56 Å². The van der Waals surface area contributed by atoms with Crippen LogP contribution in [0.5, 0.6) is 5.75 Å². The molecule has 2 N–H and O–H groups in total. The highest BCUT2D eigenvalue weighted by Crippen LogP contribution is 2.38. The topological polar surface area (TPSA) is 40.5 Å². The molecule has 1 atom stereocenters. The van der Waals surface area contributed by atoms with Crippen LogP contribution in [0.2, 0.25) is 0 Å². The second kappa shape index (κ2) is 5.31. The summed E-state index contributed by atoms with van der Waals surface area (Å²) in [6.45, 7) is 12.6. The molecule has 0 amide bonds. The van der Waals surface area contributed by atoms with E-state index in [0.717, 1.165) is 17.5 Å². The molecule has 2 heteroatoms. The number of hydrogen-bond acceptors (Lipinski definition) is 2. The number of rotatable bonds is 3. The van der Waals surface area contributed by atoms with E-state index in [9.17, 15) is 10.2 Å². The monoisotopic (exact) mass is 250 g/mol. The molecule has 0 fully saturated rings. The van der Waals surface area contributed by atoms with E-state index < -0.39 is 0 Å². The van der Waals surface area contributed by atoms with Crippen molar-refractivity contribution in [2.24, 2.45) is 0 Å². The molecule has 0 aliphatic heterocycles. The molecule has 1 aromatic rings. The van der Waals surface area contributed by atoms with Crippen molar-refractivity contribution in [3.05, 3.63) is 28.3 Å². The van der Waals surface area contributed by atoms with E-state index in [-0.39, 0.29) is 17.8 Å². The molecule has 1 unspecified atom stereocenters. The van der Waals surface area contributed by atoms with Gasteiger partial charge in [0.15, 0.2) is 0 Å². The Labute approximate surface area is 111 Å². The number of aromatic hydroxyl groups is 1. The summed E-state index contributed by atoms with van der Waals surface area (Å²) in [5.41, 5.74) is 3.87. The molecule has 0 radical (unpaired) electrons. The van der Waals surface area contributed by atoms with Crippen molar-refractivity contribution in [2.75, 3.05) is 0 Å². The van der Waals surface area contributed by atoms with E-state index in [1.807, 2.05) is 6.92 Å². The standard InChI is InChI=1S/C16H26O2/c1-7-10(2)12-8-14(16(4,5)6)11(3)13(9-17)15(12)18/h8,10,17-18H,7,9H2,1-6H3. The second-order valence-corrected chi connectivity index (χ2v) is 6.18. The summed E-state index contributed by atoms with van der Waals surface area (Å²) in [4.78, 5) is 0. The van der Waals surface area contributed by atoms with Gasteiger partial charge in [0.2, 0.25) is 0 Å². The van der Waals surface area contributed by atoms with Gasteiger partial charge in [0.05, 0.1) is 6.61 Å². The Bertz CT molecular complexity index is 428. The van der Waals surface area contributed by atoms with Crippen LogP contribution in [0.1, 0.15) is 69.2 Å². The van der Waals surface area contributed by atoms with Gasteiger partial charge in [-0.25, -0.2) is 0 Å². The number of hydrogen-bond donors (Lipinski definition) is 2. The zero-order chi connectivity index (χ0) is 14.1. The van der Waals surface area contributed by atoms with Crippen molar-refractivity contribution in [3.8, 4) is 5.75 Å². The first kappa shape index (κ1) is 15.0. The fraction of sp³-hybridized carbons (Fsp3) is 0.625. The largest absolute Gasteiger partial charge is 0.507 e. The first-order valence-corrected chi connectivity index (χ1v) is 6.70. The SMILES string of the molecule is CCC(C)c1cc(C(C)(C)C)c(C)c(CO)c1O. The first-order chi connectivity index (χ1) is 8.23. The molecule has 1 rings (SSSR count).